The first-order chi connectivity index (χ1) is 9.54. The van der Waals surface area contributed by atoms with Crippen LogP contribution in [0.1, 0.15) is 24.3 Å². The number of hydrogen-bond acceptors (Lipinski definition) is 4. The van der Waals surface area contributed by atoms with Crippen LogP contribution in [0.5, 0.6) is 0 Å². The van der Waals surface area contributed by atoms with E-state index in [0.717, 1.165) is 0 Å². The van der Waals surface area contributed by atoms with Crippen molar-refractivity contribution in [3.05, 3.63) is 47.9 Å². The molecular formula is C14H15FN4O. The van der Waals surface area contributed by atoms with Gasteiger partial charge in [-0.05, 0) is 50.2 Å². The van der Waals surface area contributed by atoms with Crippen molar-refractivity contribution in [2.75, 3.05) is 5.32 Å². The van der Waals surface area contributed by atoms with E-state index in [1.165, 1.54) is 12.1 Å². The van der Waals surface area contributed by atoms with Crippen molar-refractivity contribution in [2.45, 2.75) is 19.9 Å². The van der Waals surface area contributed by atoms with E-state index in [2.05, 4.69) is 20.8 Å². The number of carbonyl (C=O) groups is 1. The monoisotopic (exact) mass is 274 g/mol. The van der Waals surface area contributed by atoms with E-state index in [4.69, 9.17) is 0 Å². The van der Waals surface area contributed by atoms with E-state index in [1.807, 2.05) is 13.8 Å². The third-order valence-electron chi connectivity index (χ3n) is 2.43. The quantitative estimate of drug-likeness (QED) is 0.899. The van der Waals surface area contributed by atoms with Crippen molar-refractivity contribution < 1.29 is 9.18 Å². The Labute approximate surface area is 116 Å². The van der Waals surface area contributed by atoms with Gasteiger partial charge in [0.05, 0.1) is 0 Å². The molecule has 0 unspecified atom stereocenters. The maximum atomic E-state index is 12.8. The molecule has 0 saturated heterocycles. The molecule has 2 N–H and O–H groups in total. The summed E-state index contributed by atoms with van der Waals surface area (Å²) in [7, 11) is 0. The first-order valence-corrected chi connectivity index (χ1v) is 6.22. The summed E-state index contributed by atoms with van der Waals surface area (Å²) >= 11 is 0. The molecule has 1 heterocycles. The van der Waals surface area contributed by atoms with Crippen LogP contribution < -0.4 is 10.6 Å². The van der Waals surface area contributed by atoms with Gasteiger partial charge < -0.3 is 10.6 Å². The summed E-state index contributed by atoms with van der Waals surface area (Å²) in [5.41, 5.74) is 0.948. The minimum Gasteiger partial charge on any atom is -0.348 e. The van der Waals surface area contributed by atoms with Crippen molar-refractivity contribution in [1.82, 2.24) is 15.5 Å². The number of halogens is 1. The van der Waals surface area contributed by atoms with Crippen molar-refractivity contribution >= 4 is 17.4 Å². The van der Waals surface area contributed by atoms with Crippen LogP contribution in [0.3, 0.4) is 0 Å². The van der Waals surface area contributed by atoms with Crippen LogP contribution in [0.15, 0.2) is 36.4 Å². The van der Waals surface area contributed by atoms with Crippen LogP contribution in [0, 0.1) is 5.82 Å². The number of aromatic nitrogens is 2. The average Bonchev–Trinajstić information content (AvgIpc) is 2.41. The van der Waals surface area contributed by atoms with Gasteiger partial charge in [-0.1, -0.05) is 0 Å². The van der Waals surface area contributed by atoms with Gasteiger partial charge in [0.15, 0.2) is 11.5 Å². The van der Waals surface area contributed by atoms with E-state index < -0.39 is 0 Å². The predicted octanol–water partition coefficient (Wildman–Crippen LogP) is 2.50. The molecule has 2 aromatic rings. The molecule has 1 aromatic heterocycles. The fourth-order valence-electron chi connectivity index (χ4n) is 1.54. The minimum absolute atomic E-state index is 0.0429. The first-order valence-electron chi connectivity index (χ1n) is 6.22. The molecule has 5 nitrogen and oxygen atoms in total. The Kier molecular flexibility index (Phi) is 4.24. The molecule has 1 amide bonds. The van der Waals surface area contributed by atoms with Crippen molar-refractivity contribution in [3.8, 4) is 0 Å². The van der Waals surface area contributed by atoms with Gasteiger partial charge in [0.2, 0.25) is 0 Å². The normalized spacial score (nSPS) is 10.4. The average molecular weight is 274 g/mol. The Balaban J connectivity index is 2.04. The molecule has 6 heteroatoms. The molecule has 0 spiro atoms. The van der Waals surface area contributed by atoms with Gasteiger partial charge in [-0.3, -0.25) is 4.79 Å². The van der Waals surface area contributed by atoms with Crippen molar-refractivity contribution in [3.63, 3.8) is 0 Å². The first kappa shape index (κ1) is 13.9. The van der Waals surface area contributed by atoms with Crippen LogP contribution in [0.4, 0.5) is 15.9 Å². The Bertz CT molecular complexity index is 581. The number of benzene rings is 1. The number of amides is 1. The highest BCUT2D eigenvalue weighted by Crippen LogP contribution is 2.14. The van der Waals surface area contributed by atoms with E-state index >= 15 is 0 Å². The summed E-state index contributed by atoms with van der Waals surface area (Å²) in [6, 6.07) is 9.15. The number of hydrogen-bond donors (Lipinski definition) is 2. The van der Waals surface area contributed by atoms with Gasteiger partial charge in [0.25, 0.3) is 5.91 Å². The molecule has 104 valence electrons. The zero-order valence-electron chi connectivity index (χ0n) is 11.2. The Morgan fingerprint density at radius 1 is 1.10 bits per heavy atom. The third kappa shape index (κ3) is 3.74. The largest absolute Gasteiger partial charge is 0.348 e. The number of nitrogens with one attached hydrogen (secondary N) is 2. The lowest BCUT2D eigenvalue weighted by atomic mass is 10.3. The summed E-state index contributed by atoms with van der Waals surface area (Å²) in [6.45, 7) is 3.74. The molecule has 0 atom stereocenters. The summed E-state index contributed by atoms with van der Waals surface area (Å²) in [5, 5.41) is 13.5. The topological polar surface area (TPSA) is 66.9 Å². The smallest absolute Gasteiger partial charge is 0.271 e. The number of nitrogens with zero attached hydrogens (tertiary/aromatic N) is 2. The molecule has 0 aliphatic heterocycles. The van der Waals surface area contributed by atoms with E-state index in [9.17, 15) is 9.18 Å². The number of rotatable bonds is 4. The lowest BCUT2D eigenvalue weighted by Crippen LogP contribution is -2.30. The summed E-state index contributed by atoms with van der Waals surface area (Å²) in [5.74, 6) is -0.0825. The highest BCUT2D eigenvalue weighted by atomic mass is 19.1. The molecule has 1 aromatic carbocycles. The summed E-state index contributed by atoms with van der Waals surface area (Å²) in [4.78, 5) is 11.7. The highest BCUT2D eigenvalue weighted by molar-refractivity contribution is 5.92. The lowest BCUT2D eigenvalue weighted by Gasteiger charge is -2.08. The van der Waals surface area contributed by atoms with E-state index in [1.54, 1.807) is 24.3 Å². The van der Waals surface area contributed by atoms with E-state index in [-0.39, 0.29) is 23.5 Å². The molecule has 0 saturated carbocycles. The zero-order chi connectivity index (χ0) is 14.5. The zero-order valence-corrected chi connectivity index (χ0v) is 11.2. The molecule has 0 aliphatic carbocycles. The molecule has 0 bridgehead atoms. The molecule has 2 rings (SSSR count). The maximum Gasteiger partial charge on any atom is 0.271 e. The van der Waals surface area contributed by atoms with Gasteiger partial charge in [-0.15, -0.1) is 10.2 Å². The second kappa shape index (κ2) is 6.10. The Hall–Kier alpha value is -2.50. The van der Waals surface area contributed by atoms with Gasteiger partial charge >= 0.3 is 0 Å². The fraction of sp³-hybridized carbons (Fsp3) is 0.214. The molecule has 0 radical (unpaired) electrons. The lowest BCUT2D eigenvalue weighted by molar-refractivity contribution is 0.0937. The maximum absolute atomic E-state index is 12.8. The fourth-order valence-corrected chi connectivity index (χ4v) is 1.54. The van der Waals surface area contributed by atoms with Crippen LogP contribution in [-0.2, 0) is 0 Å². The van der Waals surface area contributed by atoms with Crippen molar-refractivity contribution in [2.24, 2.45) is 0 Å². The number of anilines is 2. The standard InChI is InChI=1S/C14H15FN4O/c1-9(2)16-14(20)12-7-8-13(19-18-12)17-11-5-3-10(15)4-6-11/h3-9H,1-2H3,(H,16,20)(H,17,19). The Morgan fingerprint density at radius 3 is 2.35 bits per heavy atom. The molecule has 0 aliphatic rings. The second-order valence-corrected chi connectivity index (χ2v) is 4.56. The highest BCUT2D eigenvalue weighted by Gasteiger charge is 2.09. The summed E-state index contributed by atoms with van der Waals surface area (Å²) in [6.07, 6.45) is 0. The Morgan fingerprint density at radius 2 is 1.80 bits per heavy atom. The predicted molar refractivity (Wildman–Crippen MR) is 74.3 cm³/mol. The molecule has 0 fully saturated rings. The SMILES string of the molecule is CC(C)NC(=O)c1ccc(Nc2ccc(F)cc2)nn1. The van der Waals surface area contributed by atoms with Crippen LogP contribution >= 0.6 is 0 Å². The molecular weight excluding hydrogens is 259 g/mol. The summed E-state index contributed by atoms with van der Waals surface area (Å²) < 4.78 is 12.8. The minimum atomic E-state index is -0.303. The van der Waals surface area contributed by atoms with Crippen LogP contribution in [-0.4, -0.2) is 22.1 Å². The van der Waals surface area contributed by atoms with Gasteiger partial charge in [-0.25, -0.2) is 4.39 Å². The molecule has 20 heavy (non-hydrogen) atoms. The van der Waals surface area contributed by atoms with Crippen molar-refractivity contribution in [1.29, 1.82) is 0 Å². The van der Waals surface area contributed by atoms with Crippen LogP contribution in [0.25, 0.3) is 0 Å². The second-order valence-electron chi connectivity index (χ2n) is 4.56. The third-order valence-corrected chi connectivity index (χ3v) is 2.43. The van der Waals surface area contributed by atoms with Gasteiger partial charge in [0.1, 0.15) is 5.82 Å². The van der Waals surface area contributed by atoms with Gasteiger partial charge in [-0.2, -0.15) is 0 Å². The van der Waals surface area contributed by atoms with E-state index in [0.29, 0.717) is 11.5 Å². The number of carbonyl (C=O) groups excluding carboxylic acids is 1. The van der Waals surface area contributed by atoms with Crippen LogP contribution in [0.2, 0.25) is 0 Å². The van der Waals surface area contributed by atoms with Gasteiger partial charge in [0, 0.05) is 11.7 Å².